The Balaban J connectivity index is 2.87. The summed E-state index contributed by atoms with van der Waals surface area (Å²) >= 11 is 0. The number of nitrogens with zero attached hydrogens (tertiary/aromatic N) is 1. The van der Waals surface area contributed by atoms with Crippen molar-refractivity contribution in [1.29, 1.82) is 0 Å². The highest BCUT2D eigenvalue weighted by Crippen LogP contribution is 2.42. The third kappa shape index (κ3) is 3.02. The van der Waals surface area contributed by atoms with Crippen LogP contribution in [0.4, 0.5) is 0 Å². The van der Waals surface area contributed by atoms with Crippen LogP contribution in [0, 0.1) is 17.8 Å². The SMILES string of the molecule is [CH2-]C(C)(C)C(C)(C)C(C)N1CCCCCC1=O. The monoisotopic (exact) mass is 238 g/mol. The van der Waals surface area contributed by atoms with Crippen molar-refractivity contribution in [2.24, 2.45) is 10.8 Å². The smallest absolute Gasteiger partial charge is 0.222 e. The van der Waals surface area contributed by atoms with E-state index in [0.717, 1.165) is 25.8 Å². The number of carbonyl (C=O) groups is 1. The lowest BCUT2D eigenvalue weighted by atomic mass is 9.65. The van der Waals surface area contributed by atoms with E-state index in [1.54, 1.807) is 0 Å². The minimum atomic E-state index is -0.0427. The number of hydrogen-bond acceptors (Lipinski definition) is 1. The first-order valence-electron chi connectivity index (χ1n) is 6.83. The molecule has 1 saturated heterocycles. The molecule has 1 fully saturated rings. The highest BCUT2D eigenvalue weighted by molar-refractivity contribution is 5.76. The first-order chi connectivity index (χ1) is 7.68. The van der Waals surface area contributed by atoms with Crippen LogP contribution in [0.15, 0.2) is 0 Å². The summed E-state index contributed by atoms with van der Waals surface area (Å²) in [6.45, 7) is 16.1. The van der Waals surface area contributed by atoms with Crippen molar-refractivity contribution in [1.82, 2.24) is 4.90 Å². The van der Waals surface area contributed by atoms with E-state index in [2.05, 4.69) is 46.4 Å². The average molecular weight is 238 g/mol. The highest BCUT2D eigenvalue weighted by Gasteiger charge is 2.38. The highest BCUT2D eigenvalue weighted by atomic mass is 16.2. The molecule has 0 aromatic rings. The minimum Gasteiger partial charge on any atom is -0.340 e. The fraction of sp³-hybridized carbons (Fsp3) is 0.867. The van der Waals surface area contributed by atoms with E-state index < -0.39 is 0 Å². The lowest BCUT2D eigenvalue weighted by Crippen LogP contribution is -2.51. The summed E-state index contributed by atoms with van der Waals surface area (Å²) in [5, 5.41) is 0. The second-order valence-electron chi connectivity index (χ2n) is 6.68. The molecule has 1 heterocycles. The second-order valence-corrected chi connectivity index (χ2v) is 6.68. The van der Waals surface area contributed by atoms with Gasteiger partial charge >= 0.3 is 0 Å². The summed E-state index contributed by atoms with van der Waals surface area (Å²) in [6.07, 6.45) is 4.10. The van der Waals surface area contributed by atoms with Crippen molar-refractivity contribution in [3.05, 3.63) is 6.92 Å². The van der Waals surface area contributed by atoms with E-state index in [-0.39, 0.29) is 16.9 Å². The number of amides is 1. The van der Waals surface area contributed by atoms with Gasteiger partial charge in [0.25, 0.3) is 0 Å². The Morgan fingerprint density at radius 1 is 1.18 bits per heavy atom. The van der Waals surface area contributed by atoms with Crippen molar-refractivity contribution < 1.29 is 4.79 Å². The van der Waals surface area contributed by atoms with Crippen LogP contribution < -0.4 is 0 Å². The summed E-state index contributed by atoms with van der Waals surface area (Å²) in [4.78, 5) is 14.2. The van der Waals surface area contributed by atoms with Crippen LogP contribution >= 0.6 is 0 Å². The zero-order chi connectivity index (χ0) is 13.3. The van der Waals surface area contributed by atoms with Gasteiger partial charge in [-0.15, -0.1) is 0 Å². The van der Waals surface area contributed by atoms with E-state index in [0.29, 0.717) is 5.91 Å². The maximum absolute atomic E-state index is 12.1. The van der Waals surface area contributed by atoms with Crippen LogP contribution in [-0.2, 0) is 4.79 Å². The zero-order valence-electron chi connectivity index (χ0n) is 12.2. The van der Waals surface area contributed by atoms with Gasteiger partial charge in [0, 0.05) is 19.0 Å². The topological polar surface area (TPSA) is 20.3 Å². The van der Waals surface area contributed by atoms with Crippen LogP contribution in [0.3, 0.4) is 0 Å². The summed E-state index contributed by atoms with van der Waals surface area (Å²) in [5.41, 5.74) is -0.0218. The molecule has 1 atom stereocenters. The van der Waals surface area contributed by atoms with Gasteiger partial charge in [-0.2, -0.15) is 5.41 Å². The Morgan fingerprint density at radius 3 is 2.29 bits per heavy atom. The Bertz CT molecular complexity index is 275. The summed E-state index contributed by atoms with van der Waals surface area (Å²) in [7, 11) is 0. The standard InChI is InChI=1S/C15H28NO/c1-12(15(5,6)14(2,3)4)16-11-9-7-8-10-13(16)17/h12H,2,7-11H2,1,3-6H3/q-1. The number of likely N-dealkylation sites (tertiary alicyclic amines) is 1. The molecule has 0 bridgehead atoms. The molecule has 17 heavy (non-hydrogen) atoms. The maximum atomic E-state index is 12.1. The molecule has 1 aliphatic heterocycles. The molecule has 2 heteroatoms. The molecule has 0 radical (unpaired) electrons. The lowest BCUT2D eigenvalue weighted by Gasteiger charge is -2.52. The summed E-state index contributed by atoms with van der Waals surface area (Å²) in [6, 6.07) is 0.251. The van der Waals surface area contributed by atoms with Crippen LogP contribution in [0.25, 0.3) is 0 Å². The van der Waals surface area contributed by atoms with E-state index in [1.807, 2.05) is 0 Å². The first kappa shape index (κ1) is 14.5. The van der Waals surface area contributed by atoms with Gasteiger partial charge in [-0.1, -0.05) is 34.1 Å². The Hall–Kier alpha value is -0.530. The molecular weight excluding hydrogens is 210 g/mol. The van der Waals surface area contributed by atoms with Crippen molar-refractivity contribution in [2.45, 2.75) is 66.3 Å². The van der Waals surface area contributed by atoms with Gasteiger partial charge in [-0.25, -0.2) is 0 Å². The van der Waals surface area contributed by atoms with E-state index in [1.165, 1.54) is 6.42 Å². The van der Waals surface area contributed by atoms with Gasteiger partial charge in [-0.05, 0) is 25.2 Å². The number of hydrogen-bond donors (Lipinski definition) is 0. The molecule has 0 spiro atoms. The molecule has 100 valence electrons. The molecule has 1 aliphatic rings. The molecule has 0 N–H and O–H groups in total. The predicted octanol–water partition coefficient (Wildman–Crippen LogP) is 3.66. The Morgan fingerprint density at radius 2 is 1.76 bits per heavy atom. The molecule has 0 aromatic heterocycles. The Labute approximate surface area is 107 Å². The van der Waals surface area contributed by atoms with Gasteiger partial charge in [0.05, 0.1) is 0 Å². The average Bonchev–Trinajstić information content (AvgIpc) is 2.40. The van der Waals surface area contributed by atoms with Crippen molar-refractivity contribution in [2.75, 3.05) is 6.54 Å². The van der Waals surface area contributed by atoms with E-state index >= 15 is 0 Å². The van der Waals surface area contributed by atoms with Crippen LogP contribution in [-0.4, -0.2) is 23.4 Å². The maximum Gasteiger partial charge on any atom is 0.222 e. The van der Waals surface area contributed by atoms with Crippen LogP contribution in [0.2, 0.25) is 0 Å². The minimum absolute atomic E-state index is 0.0208. The summed E-state index contributed by atoms with van der Waals surface area (Å²) in [5.74, 6) is 0.326. The number of carbonyl (C=O) groups excluding carboxylic acids is 1. The van der Waals surface area contributed by atoms with Crippen LogP contribution in [0.1, 0.15) is 60.3 Å². The van der Waals surface area contributed by atoms with Crippen molar-refractivity contribution in [3.8, 4) is 0 Å². The second kappa shape index (κ2) is 4.99. The molecule has 2 nitrogen and oxygen atoms in total. The van der Waals surface area contributed by atoms with Crippen molar-refractivity contribution in [3.63, 3.8) is 0 Å². The number of rotatable bonds is 3. The molecule has 0 aliphatic carbocycles. The molecule has 1 amide bonds. The molecule has 1 unspecified atom stereocenters. The van der Waals surface area contributed by atoms with E-state index in [9.17, 15) is 4.79 Å². The molecule has 0 saturated carbocycles. The van der Waals surface area contributed by atoms with Gasteiger partial charge < -0.3 is 11.8 Å². The van der Waals surface area contributed by atoms with Gasteiger partial charge in [-0.3, -0.25) is 4.79 Å². The van der Waals surface area contributed by atoms with Gasteiger partial charge in [0.1, 0.15) is 0 Å². The lowest BCUT2D eigenvalue weighted by molar-refractivity contribution is -0.136. The largest absolute Gasteiger partial charge is 0.340 e. The third-order valence-electron chi connectivity index (χ3n) is 4.87. The van der Waals surface area contributed by atoms with Gasteiger partial charge in [0.2, 0.25) is 5.91 Å². The summed E-state index contributed by atoms with van der Waals surface area (Å²) < 4.78 is 0. The fourth-order valence-electron chi connectivity index (χ4n) is 2.37. The predicted molar refractivity (Wildman–Crippen MR) is 72.6 cm³/mol. The first-order valence-corrected chi connectivity index (χ1v) is 6.83. The third-order valence-corrected chi connectivity index (χ3v) is 4.87. The van der Waals surface area contributed by atoms with E-state index in [4.69, 9.17) is 0 Å². The normalized spacial score (nSPS) is 21.3. The molecular formula is C15H28NO-. The van der Waals surface area contributed by atoms with Gasteiger partial charge in [0.15, 0.2) is 0 Å². The van der Waals surface area contributed by atoms with Crippen molar-refractivity contribution >= 4 is 5.91 Å². The molecule has 1 rings (SSSR count). The van der Waals surface area contributed by atoms with Crippen LogP contribution in [0.5, 0.6) is 0 Å². The quantitative estimate of drug-likeness (QED) is 0.687. The zero-order valence-corrected chi connectivity index (χ0v) is 12.2. The Kier molecular flexibility index (Phi) is 4.27. The fourth-order valence-corrected chi connectivity index (χ4v) is 2.37. The molecule has 0 aromatic carbocycles.